The van der Waals surface area contributed by atoms with Gasteiger partial charge in [-0.1, -0.05) is 24.0 Å². The van der Waals surface area contributed by atoms with Crippen LogP contribution in [0.4, 0.5) is 9.39 Å². The van der Waals surface area contributed by atoms with Crippen molar-refractivity contribution in [1.29, 1.82) is 5.26 Å². The quantitative estimate of drug-likeness (QED) is 0.427. The van der Waals surface area contributed by atoms with E-state index in [1.807, 2.05) is 26.1 Å². The van der Waals surface area contributed by atoms with Crippen LogP contribution in [-0.4, -0.2) is 40.9 Å². The van der Waals surface area contributed by atoms with Crippen LogP contribution < -0.4 is 10.6 Å². The molecule has 8 nitrogen and oxygen atoms in total. The van der Waals surface area contributed by atoms with E-state index in [9.17, 15) is 19.2 Å². The number of fused-ring (bicyclic) bond motifs is 1. The van der Waals surface area contributed by atoms with Crippen LogP contribution >= 0.6 is 11.3 Å². The number of nitrogens with zero attached hydrogens (tertiary/aromatic N) is 3. The Hall–Kier alpha value is -3.99. The molecule has 0 saturated heterocycles. The van der Waals surface area contributed by atoms with Crippen LogP contribution in [0.25, 0.3) is 0 Å². The van der Waals surface area contributed by atoms with Gasteiger partial charge in [0, 0.05) is 23.7 Å². The number of benzene rings is 1. The lowest BCUT2D eigenvalue weighted by Crippen LogP contribution is -2.40. The molecule has 0 radical (unpaired) electrons. The van der Waals surface area contributed by atoms with Gasteiger partial charge in [-0.15, -0.1) is 11.3 Å². The summed E-state index contributed by atoms with van der Waals surface area (Å²) in [7, 11) is 0. The minimum absolute atomic E-state index is 0.0693. The average molecular weight is 534 g/mol. The molecule has 2 amide bonds. The number of carbonyl (C=O) groups excluding carboxylic acids is 2. The van der Waals surface area contributed by atoms with Crippen molar-refractivity contribution in [2.75, 3.05) is 18.5 Å². The third-order valence-electron chi connectivity index (χ3n) is 6.26. The Labute approximate surface area is 224 Å². The Morgan fingerprint density at radius 3 is 2.84 bits per heavy atom. The zero-order valence-electron chi connectivity index (χ0n) is 21.2. The Bertz CT molecular complexity index is 1410. The van der Waals surface area contributed by atoms with E-state index in [-0.39, 0.29) is 30.7 Å². The highest BCUT2D eigenvalue weighted by Gasteiger charge is 2.28. The van der Waals surface area contributed by atoms with Crippen LogP contribution in [0.5, 0.6) is 0 Å². The smallest absolute Gasteiger partial charge is 0.259 e. The van der Waals surface area contributed by atoms with Crippen LogP contribution in [-0.2, 0) is 28.9 Å². The number of hydrogen-bond donors (Lipinski definition) is 2. The van der Waals surface area contributed by atoms with Crippen molar-refractivity contribution in [1.82, 2.24) is 15.1 Å². The molecular formula is C28H28FN5O3S. The Morgan fingerprint density at radius 2 is 2.11 bits per heavy atom. The van der Waals surface area contributed by atoms with Crippen LogP contribution in [0, 0.1) is 34.4 Å². The van der Waals surface area contributed by atoms with Crippen LogP contribution in [0.1, 0.15) is 46.6 Å². The minimum Gasteiger partial charge on any atom is -0.365 e. The zero-order chi connectivity index (χ0) is 27.1. The molecule has 1 aliphatic rings. The number of ether oxygens (including phenoxy) is 1. The lowest BCUT2D eigenvalue weighted by molar-refractivity contribution is -0.129. The van der Waals surface area contributed by atoms with Gasteiger partial charge in [0.2, 0.25) is 5.91 Å². The van der Waals surface area contributed by atoms with E-state index in [0.717, 1.165) is 16.9 Å². The highest BCUT2D eigenvalue weighted by Crippen LogP contribution is 2.38. The fraction of sp³-hybridized carbons (Fsp3) is 0.357. The van der Waals surface area contributed by atoms with Gasteiger partial charge in [-0.25, -0.2) is 4.39 Å². The maximum absolute atomic E-state index is 14.0. The number of thiophene rings is 1. The first kappa shape index (κ1) is 27.1. The standard InChI is InChI=1S/C28H28FN5O3S/c1-28(2,18-34-14-7-13-32-34)27(36)31-12-5-6-15-37-19-10-11-20-22(17-30)26(38-24(20)16-19)33-25(35)21-8-3-4-9-23(21)29/h3-4,7-9,13-14,19H,10-12,15-16,18H2,1-2H3,(H,31,36)(H,33,35). The van der Waals surface area contributed by atoms with Crippen LogP contribution in [0.2, 0.25) is 0 Å². The van der Waals surface area contributed by atoms with Crippen molar-refractivity contribution in [3.8, 4) is 17.9 Å². The highest BCUT2D eigenvalue weighted by atomic mass is 32.1. The van der Waals surface area contributed by atoms with E-state index in [1.165, 1.54) is 29.5 Å². The van der Waals surface area contributed by atoms with Gasteiger partial charge in [0.25, 0.3) is 5.91 Å². The van der Waals surface area contributed by atoms with E-state index in [0.29, 0.717) is 30.0 Å². The summed E-state index contributed by atoms with van der Waals surface area (Å²) in [5.41, 5.74) is 0.646. The Balaban J connectivity index is 1.26. The molecule has 0 saturated carbocycles. The summed E-state index contributed by atoms with van der Waals surface area (Å²) in [5, 5.41) is 19.8. The van der Waals surface area contributed by atoms with Gasteiger partial charge in [0.1, 0.15) is 23.5 Å². The Kier molecular flexibility index (Phi) is 8.57. The van der Waals surface area contributed by atoms with Gasteiger partial charge in [0.15, 0.2) is 0 Å². The summed E-state index contributed by atoms with van der Waals surface area (Å²) in [6.07, 6.45) is 5.39. The molecule has 1 atom stereocenters. The number of aromatic nitrogens is 2. The molecule has 1 aromatic carbocycles. The average Bonchev–Trinajstić information content (AvgIpc) is 3.52. The van der Waals surface area contributed by atoms with Gasteiger partial charge >= 0.3 is 0 Å². The van der Waals surface area contributed by atoms with Crippen LogP contribution in [0.15, 0.2) is 42.7 Å². The number of carbonyl (C=O) groups is 2. The Morgan fingerprint density at radius 1 is 1.29 bits per heavy atom. The van der Waals surface area contributed by atoms with E-state index in [1.54, 1.807) is 16.9 Å². The van der Waals surface area contributed by atoms with Crippen molar-refractivity contribution >= 4 is 28.2 Å². The summed E-state index contributed by atoms with van der Waals surface area (Å²) in [6.45, 7) is 4.63. The largest absolute Gasteiger partial charge is 0.365 e. The molecule has 1 unspecified atom stereocenters. The topological polar surface area (TPSA) is 109 Å². The van der Waals surface area contributed by atoms with Crippen molar-refractivity contribution in [2.45, 2.75) is 45.8 Å². The summed E-state index contributed by atoms with van der Waals surface area (Å²) in [4.78, 5) is 26.0. The van der Waals surface area contributed by atoms with E-state index >= 15 is 0 Å². The molecule has 0 aliphatic heterocycles. The number of halogens is 1. The number of hydrogen-bond acceptors (Lipinski definition) is 6. The van der Waals surface area contributed by atoms with E-state index in [2.05, 4.69) is 33.6 Å². The van der Waals surface area contributed by atoms with E-state index < -0.39 is 17.1 Å². The van der Waals surface area contributed by atoms with Crippen molar-refractivity contribution in [3.63, 3.8) is 0 Å². The van der Waals surface area contributed by atoms with Crippen molar-refractivity contribution in [3.05, 3.63) is 70.1 Å². The number of nitrogens with one attached hydrogen (secondary N) is 2. The first-order valence-electron chi connectivity index (χ1n) is 12.2. The van der Waals surface area contributed by atoms with Gasteiger partial charge in [-0.3, -0.25) is 14.3 Å². The lowest BCUT2D eigenvalue weighted by atomic mass is 9.92. The molecule has 2 N–H and O–H groups in total. The molecule has 0 spiro atoms. The van der Waals surface area contributed by atoms with Gasteiger partial charge in [0.05, 0.1) is 35.7 Å². The number of amides is 2. The minimum atomic E-state index is -0.624. The van der Waals surface area contributed by atoms with Gasteiger partial charge in [-0.2, -0.15) is 10.4 Å². The SMILES string of the molecule is CC(C)(Cn1cccn1)C(=O)NCC#CCOC1CCc2c(sc(NC(=O)c3ccccc3F)c2C#N)C1. The molecular weight excluding hydrogens is 505 g/mol. The predicted octanol–water partition coefficient (Wildman–Crippen LogP) is 3.93. The molecule has 2 aromatic heterocycles. The van der Waals surface area contributed by atoms with Crippen molar-refractivity contribution < 1.29 is 18.7 Å². The van der Waals surface area contributed by atoms with Gasteiger partial charge < -0.3 is 15.4 Å². The van der Waals surface area contributed by atoms with Gasteiger partial charge in [-0.05, 0) is 50.5 Å². The third kappa shape index (κ3) is 6.46. The van der Waals surface area contributed by atoms with Crippen molar-refractivity contribution in [2.24, 2.45) is 5.41 Å². The summed E-state index contributed by atoms with van der Waals surface area (Å²) in [6, 6.07) is 9.74. The monoisotopic (exact) mass is 533 g/mol. The second-order valence-corrected chi connectivity index (χ2v) is 10.7. The summed E-state index contributed by atoms with van der Waals surface area (Å²) < 4.78 is 21.6. The normalized spacial score (nSPS) is 14.5. The molecule has 0 bridgehead atoms. The maximum Gasteiger partial charge on any atom is 0.259 e. The van der Waals surface area contributed by atoms with E-state index in [4.69, 9.17) is 4.74 Å². The predicted molar refractivity (Wildman–Crippen MR) is 142 cm³/mol. The van der Waals surface area contributed by atoms with Crippen LogP contribution in [0.3, 0.4) is 0 Å². The fourth-order valence-electron chi connectivity index (χ4n) is 4.23. The number of nitriles is 1. The second-order valence-electron chi connectivity index (χ2n) is 9.55. The fourth-order valence-corrected chi connectivity index (χ4v) is 5.49. The maximum atomic E-state index is 14.0. The second kappa shape index (κ2) is 12.0. The number of rotatable bonds is 8. The molecule has 38 heavy (non-hydrogen) atoms. The molecule has 1 aliphatic carbocycles. The zero-order valence-corrected chi connectivity index (χ0v) is 22.0. The number of anilines is 1. The first-order valence-corrected chi connectivity index (χ1v) is 13.0. The first-order chi connectivity index (χ1) is 18.3. The molecule has 196 valence electrons. The lowest BCUT2D eigenvalue weighted by Gasteiger charge is -2.22. The molecule has 2 heterocycles. The highest BCUT2D eigenvalue weighted by molar-refractivity contribution is 7.16. The summed E-state index contributed by atoms with van der Waals surface area (Å²) >= 11 is 1.33. The molecule has 3 aromatic rings. The third-order valence-corrected chi connectivity index (χ3v) is 7.43. The molecule has 4 rings (SSSR count). The molecule has 0 fully saturated rings. The molecule has 10 heteroatoms. The summed E-state index contributed by atoms with van der Waals surface area (Å²) in [5.74, 6) is 4.56.